The molecular weight excluding hydrogens is 376 g/mol. The topological polar surface area (TPSA) is 78.6 Å². The molecule has 2 aromatic rings. The maximum absolute atomic E-state index is 5.91. The van der Waals surface area contributed by atoms with Crippen molar-refractivity contribution in [2.75, 3.05) is 33.2 Å². The van der Waals surface area contributed by atoms with Gasteiger partial charge in [0.2, 0.25) is 11.7 Å². The van der Waals surface area contributed by atoms with Gasteiger partial charge >= 0.3 is 0 Å². The van der Waals surface area contributed by atoms with Gasteiger partial charge in [0.1, 0.15) is 0 Å². The highest BCUT2D eigenvalue weighted by Gasteiger charge is 2.19. The molecule has 0 spiro atoms. The van der Waals surface area contributed by atoms with Crippen LogP contribution in [0.25, 0.3) is 11.4 Å². The summed E-state index contributed by atoms with van der Waals surface area (Å²) in [5, 5.41) is 11.5. The lowest BCUT2D eigenvalue weighted by Crippen LogP contribution is -2.49. The van der Waals surface area contributed by atoms with E-state index in [1.807, 2.05) is 30.3 Å². The Balaban J connectivity index is 1.42. The molecule has 1 aromatic heterocycles. The van der Waals surface area contributed by atoms with Crippen LogP contribution in [-0.2, 0) is 6.42 Å². The van der Waals surface area contributed by atoms with Crippen molar-refractivity contribution in [3.8, 4) is 11.4 Å². The Morgan fingerprint density at radius 2 is 2.11 bits per heavy atom. The summed E-state index contributed by atoms with van der Waals surface area (Å²) < 4.78 is 5.34. The quantitative estimate of drug-likeness (QED) is 0.421. The largest absolute Gasteiger partial charge is 0.356 e. The van der Waals surface area contributed by atoms with Crippen LogP contribution in [-0.4, -0.2) is 60.3 Å². The zero-order chi connectivity index (χ0) is 19.8. The second kappa shape index (κ2) is 10.2. The number of hydrogen-bond acceptors (Lipinski definition) is 5. The molecule has 8 heteroatoms. The third-order valence-corrected chi connectivity index (χ3v) is 4.99. The van der Waals surface area contributed by atoms with Crippen LogP contribution in [0.2, 0.25) is 5.02 Å². The molecule has 0 radical (unpaired) electrons. The summed E-state index contributed by atoms with van der Waals surface area (Å²) in [5.74, 6) is 1.96. The average molecular weight is 403 g/mol. The fourth-order valence-corrected chi connectivity index (χ4v) is 3.32. The number of guanidine groups is 1. The van der Waals surface area contributed by atoms with E-state index < -0.39 is 0 Å². The van der Waals surface area contributed by atoms with E-state index >= 15 is 0 Å². The molecule has 0 unspecified atom stereocenters. The molecule has 2 heterocycles. The number of rotatable bonds is 7. The van der Waals surface area contributed by atoms with Crippen LogP contribution in [0, 0.1) is 0 Å². The molecule has 2 N–H and O–H groups in total. The van der Waals surface area contributed by atoms with E-state index in [9.17, 15) is 0 Å². The first-order valence-corrected chi connectivity index (χ1v) is 9.94. The van der Waals surface area contributed by atoms with E-state index in [-0.39, 0.29) is 0 Å². The second-order valence-electron chi connectivity index (χ2n) is 6.78. The summed E-state index contributed by atoms with van der Waals surface area (Å²) in [7, 11) is 1.79. The molecule has 1 saturated heterocycles. The van der Waals surface area contributed by atoms with Gasteiger partial charge in [-0.3, -0.25) is 9.89 Å². The highest BCUT2D eigenvalue weighted by molar-refractivity contribution is 6.30. The number of likely N-dealkylation sites (tertiary alicyclic amines) is 1. The zero-order valence-electron chi connectivity index (χ0n) is 16.2. The number of piperidine rings is 1. The molecule has 0 bridgehead atoms. The molecule has 0 saturated carbocycles. The van der Waals surface area contributed by atoms with Crippen molar-refractivity contribution < 1.29 is 4.52 Å². The lowest BCUT2D eigenvalue weighted by molar-refractivity contribution is 0.225. The van der Waals surface area contributed by atoms with Crippen LogP contribution in [0.5, 0.6) is 0 Å². The number of nitrogens with one attached hydrogen (secondary N) is 2. The predicted molar refractivity (Wildman–Crippen MR) is 113 cm³/mol. The molecule has 150 valence electrons. The lowest BCUT2D eigenvalue weighted by atomic mass is 10.1. The molecular formula is C20H27ClN6O. The van der Waals surface area contributed by atoms with E-state index in [4.69, 9.17) is 16.1 Å². The maximum atomic E-state index is 5.91. The number of aromatic nitrogens is 2. The third kappa shape index (κ3) is 5.81. The van der Waals surface area contributed by atoms with Crippen LogP contribution < -0.4 is 10.6 Å². The molecule has 1 fully saturated rings. The molecule has 1 aliphatic rings. The van der Waals surface area contributed by atoms with Gasteiger partial charge in [0, 0.05) is 56.3 Å². The van der Waals surface area contributed by atoms with Crippen LogP contribution in [0.3, 0.4) is 0 Å². The van der Waals surface area contributed by atoms with Crippen LogP contribution in [0.1, 0.15) is 18.7 Å². The smallest absolute Gasteiger partial charge is 0.228 e. The van der Waals surface area contributed by atoms with Crippen molar-refractivity contribution >= 4 is 17.6 Å². The molecule has 0 atom stereocenters. The Hall–Kier alpha value is -2.38. The number of nitrogens with zero attached hydrogens (tertiary/aromatic N) is 4. The summed E-state index contributed by atoms with van der Waals surface area (Å²) in [6, 6.07) is 7.81. The minimum atomic E-state index is 0.437. The van der Waals surface area contributed by atoms with Gasteiger partial charge in [-0.25, -0.2) is 0 Å². The highest BCUT2D eigenvalue weighted by Crippen LogP contribution is 2.18. The average Bonchev–Trinajstić information content (AvgIpc) is 3.18. The van der Waals surface area contributed by atoms with Crippen LogP contribution in [0.4, 0.5) is 0 Å². The van der Waals surface area contributed by atoms with Gasteiger partial charge in [-0.2, -0.15) is 4.98 Å². The predicted octanol–water partition coefficient (Wildman–Crippen LogP) is 2.75. The molecule has 28 heavy (non-hydrogen) atoms. The SMILES string of the molecule is C=CCN1CCC(NC(=NC)NCCc2nc(-c3ccc(Cl)cc3)no2)CC1. The summed E-state index contributed by atoms with van der Waals surface area (Å²) in [6.07, 6.45) is 4.79. The minimum Gasteiger partial charge on any atom is -0.356 e. The van der Waals surface area contributed by atoms with E-state index in [1.165, 1.54) is 0 Å². The van der Waals surface area contributed by atoms with E-state index in [2.05, 4.69) is 37.2 Å². The number of halogens is 1. The molecule has 3 rings (SSSR count). The van der Waals surface area contributed by atoms with Crippen LogP contribution >= 0.6 is 11.6 Å². The van der Waals surface area contributed by atoms with Gasteiger partial charge in [0.15, 0.2) is 5.96 Å². The Bertz CT molecular complexity index is 780. The Kier molecular flexibility index (Phi) is 7.45. The third-order valence-electron chi connectivity index (χ3n) is 4.74. The number of hydrogen-bond donors (Lipinski definition) is 2. The molecule has 7 nitrogen and oxygen atoms in total. The summed E-state index contributed by atoms with van der Waals surface area (Å²) in [5.41, 5.74) is 0.882. The van der Waals surface area contributed by atoms with Crippen LogP contribution in [0.15, 0.2) is 46.4 Å². The first-order chi connectivity index (χ1) is 13.7. The van der Waals surface area contributed by atoms with Gasteiger partial charge in [0.05, 0.1) is 0 Å². The normalized spacial score (nSPS) is 16.1. The molecule has 0 aliphatic carbocycles. The highest BCUT2D eigenvalue weighted by atomic mass is 35.5. The van der Waals surface area contributed by atoms with E-state index in [0.29, 0.717) is 35.7 Å². The first-order valence-electron chi connectivity index (χ1n) is 9.57. The fourth-order valence-electron chi connectivity index (χ4n) is 3.19. The van der Waals surface area contributed by atoms with Gasteiger partial charge in [-0.05, 0) is 37.1 Å². The van der Waals surface area contributed by atoms with Crippen molar-refractivity contribution in [2.45, 2.75) is 25.3 Å². The summed E-state index contributed by atoms with van der Waals surface area (Å²) >= 11 is 5.91. The Morgan fingerprint density at radius 1 is 1.36 bits per heavy atom. The van der Waals surface area contributed by atoms with E-state index in [0.717, 1.165) is 44.0 Å². The van der Waals surface area contributed by atoms with Crippen molar-refractivity contribution in [1.29, 1.82) is 0 Å². The lowest BCUT2D eigenvalue weighted by Gasteiger charge is -2.32. The van der Waals surface area contributed by atoms with Crippen molar-refractivity contribution in [2.24, 2.45) is 4.99 Å². The van der Waals surface area contributed by atoms with Gasteiger partial charge in [-0.15, -0.1) is 6.58 Å². The van der Waals surface area contributed by atoms with E-state index in [1.54, 1.807) is 7.05 Å². The summed E-state index contributed by atoms with van der Waals surface area (Å²) in [6.45, 7) is 7.59. The van der Waals surface area contributed by atoms with Crippen molar-refractivity contribution in [3.63, 3.8) is 0 Å². The monoisotopic (exact) mass is 402 g/mol. The molecule has 0 amide bonds. The second-order valence-corrected chi connectivity index (χ2v) is 7.21. The zero-order valence-corrected chi connectivity index (χ0v) is 17.0. The van der Waals surface area contributed by atoms with Gasteiger partial charge in [0.25, 0.3) is 0 Å². The van der Waals surface area contributed by atoms with Gasteiger partial charge < -0.3 is 15.2 Å². The summed E-state index contributed by atoms with van der Waals surface area (Å²) in [4.78, 5) is 11.2. The minimum absolute atomic E-state index is 0.437. The number of aliphatic imine (C=N–C) groups is 1. The number of benzene rings is 1. The standard InChI is InChI=1S/C20H27ClN6O/c1-3-12-27-13-9-17(10-14-27)24-20(22-2)23-11-8-18-25-19(26-28-18)15-4-6-16(21)7-5-15/h3-7,17H,1,8-14H2,2H3,(H2,22,23,24). The fraction of sp³-hybridized carbons (Fsp3) is 0.450. The Morgan fingerprint density at radius 3 is 2.79 bits per heavy atom. The van der Waals surface area contributed by atoms with Crippen molar-refractivity contribution in [1.82, 2.24) is 25.7 Å². The maximum Gasteiger partial charge on any atom is 0.228 e. The first kappa shape index (κ1) is 20.4. The molecule has 1 aromatic carbocycles. The molecule has 1 aliphatic heterocycles. The Labute approximate surface area is 170 Å². The van der Waals surface area contributed by atoms with Gasteiger partial charge in [-0.1, -0.05) is 22.8 Å². The van der Waals surface area contributed by atoms with Crippen molar-refractivity contribution in [3.05, 3.63) is 47.8 Å².